The molecule has 5 nitrogen and oxygen atoms in total. The summed E-state index contributed by atoms with van der Waals surface area (Å²) in [5.74, 6) is -0.903. The topological polar surface area (TPSA) is 66.5 Å². The van der Waals surface area contributed by atoms with E-state index in [4.69, 9.17) is 0 Å². The Hall–Kier alpha value is -3.33. The Bertz CT molecular complexity index is 1230. The van der Waals surface area contributed by atoms with Crippen molar-refractivity contribution in [2.75, 3.05) is 16.2 Å². The first-order valence-corrected chi connectivity index (χ1v) is 11.1. The molecule has 3 aromatic carbocycles. The molecule has 0 spiro atoms. The summed E-state index contributed by atoms with van der Waals surface area (Å²) < 4.78 is 67.3. The summed E-state index contributed by atoms with van der Waals surface area (Å²) in [5.41, 5.74) is 0.503. The van der Waals surface area contributed by atoms with Crippen LogP contribution >= 0.6 is 0 Å². The fourth-order valence-corrected chi connectivity index (χ4v) is 4.51. The van der Waals surface area contributed by atoms with Crippen LogP contribution in [0.5, 0.6) is 0 Å². The highest BCUT2D eigenvalue weighted by Gasteiger charge is 2.34. The van der Waals surface area contributed by atoms with Crippen molar-refractivity contribution in [1.82, 2.24) is 0 Å². The summed E-state index contributed by atoms with van der Waals surface area (Å²) in [5, 5.41) is 2.20. The van der Waals surface area contributed by atoms with Crippen LogP contribution in [0.1, 0.15) is 16.7 Å². The first kappa shape index (κ1) is 23.3. The van der Waals surface area contributed by atoms with Crippen molar-refractivity contribution in [3.05, 3.63) is 89.5 Å². The number of sulfonamides is 1. The van der Waals surface area contributed by atoms with Gasteiger partial charge in [0, 0.05) is 0 Å². The summed E-state index contributed by atoms with van der Waals surface area (Å²) in [7, 11) is -4.16. The van der Waals surface area contributed by atoms with Gasteiger partial charge in [-0.2, -0.15) is 13.2 Å². The molecule has 1 N–H and O–H groups in total. The highest BCUT2D eigenvalue weighted by Crippen LogP contribution is 2.34. The first-order chi connectivity index (χ1) is 15.0. The van der Waals surface area contributed by atoms with Crippen molar-refractivity contribution in [3.63, 3.8) is 0 Å². The normalized spacial score (nSPS) is 11.8. The lowest BCUT2D eigenvalue weighted by atomic mass is 10.1. The van der Waals surface area contributed by atoms with Gasteiger partial charge in [0.05, 0.1) is 21.8 Å². The molecular formula is C23H21F3N2O3S. The van der Waals surface area contributed by atoms with Crippen molar-refractivity contribution in [2.45, 2.75) is 24.9 Å². The van der Waals surface area contributed by atoms with Crippen molar-refractivity contribution < 1.29 is 26.4 Å². The van der Waals surface area contributed by atoms with E-state index in [0.29, 0.717) is 0 Å². The minimum atomic E-state index is -4.67. The van der Waals surface area contributed by atoms with Crippen LogP contribution in [0.3, 0.4) is 0 Å². The Labute approximate surface area is 184 Å². The zero-order valence-electron chi connectivity index (χ0n) is 17.3. The van der Waals surface area contributed by atoms with Gasteiger partial charge in [0.25, 0.3) is 10.0 Å². The maximum atomic E-state index is 13.3. The molecule has 0 bridgehead atoms. The van der Waals surface area contributed by atoms with E-state index in [1.165, 1.54) is 24.3 Å². The van der Waals surface area contributed by atoms with Gasteiger partial charge in [0.2, 0.25) is 5.91 Å². The van der Waals surface area contributed by atoms with Crippen molar-refractivity contribution in [1.29, 1.82) is 0 Å². The third-order valence-electron chi connectivity index (χ3n) is 4.90. The molecule has 32 heavy (non-hydrogen) atoms. The van der Waals surface area contributed by atoms with Gasteiger partial charge in [-0.15, -0.1) is 0 Å². The molecule has 0 saturated heterocycles. The van der Waals surface area contributed by atoms with E-state index in [1.54, 1.807) is 43.3 Å². The Morgan fingerprint density at radius 2 is 1.53 bits per heavy atom. The van der Waals surface area contributed by atoms with Gasteiger partial charge < -0.3 is 5.32 Å². The first-order valence-electron chi connectivity index (χ1n) is 9.61. The molecule has 0 aliphatic rings. The van der Waals surface area contributed by atoms with Crippen molar-refractivity contribution >= 4 is 27.3 Å². The molecule has 0 fully saturated rings. The van der Waals surface area contributed by atoms with Crippen molar-refractivity contribution in [2.24, 2.45) is 0 Å². The molecule has 0 aromatic heterocycles. The Kier molecular flexibility index (Phi) is 6.59. The average Bonchev–Trinajstić information content (AvgIpc) is 2.74. The molecule has 168 valence electrons. The molecule has 3 aromatic rings. The van der Waals surface area contributed by atoms with Gasteiger partial charge in [0.1, 0.15) is 6.54 Å². The number of para-hydroxylation sites is 1. The van der Waals surface area contributed by atoms with E-state index in [0.717, 1.165) is 27.6 Å². The van der Waals surface area contributed by atoms with E-state index in [1.807, 2.05) is 6.92 Å². The average molecular weight is 462 g/mol. The summed E-state index contributed by atoms with van der Waals surface area (Å²) in [6.45, 7) is 2.95. The number of nitrogens with one attached hydrogen (secondary N) is 1. The van der Waals surface area contributed by atoms with E-state index in [-0.39, 0.29) is 10.6 Å². The smallest absolute Gasteiger partial charge is 0.324 e. The highest BCUT2D eigenvalue weighted by molar-refractivity contribution is 7.92. The molecule has 0 atom stereocenters. The zero-order chi connectivity index (χ0) is 23.5. The van der Waals surface area contributed by atoms with Crippen LogP contribution in [0.2, 0.25) is 0 Å². The maximum absolute atomic E-state index is 13.3. The van der Waals surface area contributed by atoms with Crippen molar-refractivity contribution in [3.8, 4) is 0 Å². The van der Waals surface area contributed by atoms with Gasteiger partial charge in [-0.1, -0.05) is 36.4 Å². The Morgan fingerprint density at radius 3 is 2.16 bits per heavy atom. The number of nitrogens with zero attached hydrogens (tertiary/aromatic N) is 1. The largest absolute Gasteiger partial charge is 0.418 e. The molecule has 0 heterocycles. The Morgan fingerprint density at radius 1 is 0.906 bits per heavy atom. The number of hydrogen-bond acceptors (Lipinski definition) is 3. The van der Waals surface area contributed by atoms with Gasteiger partial charge in [0.15, 0.2) is 0 Å². The van der Waals surface area contributed by atoms with Crippen LogP contribution in [-0.2, 0) is 21.0 Å². The molecular weight excluding hydrogens is 441 g/mol. The van der Waals surface area contributed by atoms with E-state index >= 15 is 0 Å². The molecule has 9 heteroatoms. The lowest BCUT2D eigenvalue weighted by molar-refractivity contribution is -0.137. The minimum absolute atomic E-state index is 0.0401. The standard InChI is InChI=1S/C23H21F3N2O3S/c1-16-12-13-18(14-17(16)2)28(32(30,31)19-8-4-3-5-9-19)15-22(29)27-21-11-7-6-10-20(21)23(24,25)26/h3-14H,15H2,1-2H3,(H,27,29). The number of carbonyl (C=O) groups is 1. The predicted octanol–water partition coefficient (Wildman–Crippen LogP) is 5.16. The van der Waals surface area contributed by atoms with E-state index < -0.39 is 39.9 Å². The second kappa shape index (κ2) is 9.04. The maximum Gasteiger partial charge on any atom is 0.418 e. The lowest BCUT2D eigenvalue weighted by Gasteiger charge is -2.25. The number of benzene rings is 3. The summed E-state index contributed by atoms with van der Waals surface area (Å²) >= 11 is 0. The summed E-state index contributed by atoms with van der Waals surface area (Å²) in [4.78, 5) is 12.7. The molecule has 0 aliphatic heterocycles. The molecule has 3 rings (SSSR count). The number of halogens is 3. The number of alkyl halides is 3. The molecule has 1 amide bonds. The van der Waals surface area contributed by atoms with Crippen LogP contribution in [0, 0.1) is 13.8 Å². The fourth-order valence-electron chi connectivity index (χ4n) is 3.07. The molecule has 0 aliphatic carbocycles. The molecule has 0 radical (unpaired) electrons. The number of carbonyl (C=O) groups excluding carboxylic acids is 1. The second-order valence-electron chi connectivity index (χ2n) is 7.18. The van der Waals surface area contributed by atoms with Gasteiger partial charge in [-0.25, -0.2) is 8.42 Å². The Balaban J connectivity index is 1.98. The monoisotopic (exact) mass is 462 g/mol. The predicted molar refractivity (Wildman–Crippen MR) is 117 cm³/mol. The molecule has 0 saturated carbocycles. The number of amides is 1. The number of hydrogen-bond donors (Lipinski definition) is 1. The summed E-state index contributed by atoms with van der Waals surface area (Å²) in [6.07, 6.45) is -4.67. The van der Waals surface area contributed by atoms with Crippen LogP contribution in [0.15, 0.2) is 77.7 Å². The fraction of sp³-hybridized carbons (Fsp3) is 0.174. The third-order valence-corrected chi connectivity index (χ3v) is 6.69. The minimum Gasteiger partial charge on any atom is -0.324 e. The lowest BCUT2D eigenvalue weighted by Crippen LogP contribution is -2.38. The SMILES string of the molecule is Cc1ccc(N(CC(=O)Nc2ccccc2C(F)(F)F)S(=O)(=O)c2ccccc2)cc1C. The third kappa shape index (κ3) is 5.11. The van der Waals surface area contributed by atoms with Crippen LogP contribution in [0.25, 0.3) is 0 Å². The quantitative estimate of drug-likeness (QED) is 0.551. The van der Waals surface area contributed by atoms with Gasteiger partial charge in [-0.05, 0) is 61.4 Å². The number of anilines is 2. The van der Waals surface area contributed by atoms with Crippen LogP contribution in [0.4, 0.5) is 24.5 Å². The second-order valence-corrected chi connectivity index (χ2v) is 9.05. The van der Waals surface area contributed by atoms with E-state index in [9.17, 15) is 26.4 Å². The number of rotatable bonds is 6. The van der Waals surface area contributed by atoms with Crippen LogP contribution in [-0.4, -0.2) is 20.9 Å². The summed E-state index contributed by atoms with van der Waals surface area (Å²) in [6, 6.07) is 16.9. The number of aryl methyl sites for hydroxylation is 2. The zero-order valence-corrected chi connectivity index (χ0v) is 18.2. The van der Waals surface area contributed by atoms with Gasteiger partial charge in [-0.3, -0.25) is 9.10 Å². The molecule has 0 unspecified atom stereocenters. The van der Waals surface area contributed by atoms with Gasteiger partial charge >= 0.3 is 6.18 Å². The van der Waals surface area contributed by atoms with E-state index in [2.05, 4.69) is 5.32 Å². The highest BCUT2D eigenvalue weighted by atomic mass is 32.2. The van der Waals surface area contributed by atoms with Crippen LogP contribution < -0.4 is 9.62 Å².